The van der Waals surface area contributed by atoms with Crippen molar-refractivity contribution in [1.29, 1.82) is 0 Å². The molecule has 1 fully saturated rings. The first-order valence-electron chi connectivity index (χ1n) is 6.57. The quantitative estimate of drug-likeness (QED) is 0.891. The third-order valence-corrected chi connectivity index (χ3v) is 4.59. The first-order valence-corrected chi connectivity index (χ1v) is 7.51. The number of carbonyl (C=O) groups excluding carboxylic acids is 1. The van der Waals surface area contributed by atoms with Crippen molar-refractivity contribution in [2.24, 2.45) is 5.92 Å². The van der Waals surface area contributed by atoms with Crippen LogP contribution in [0.4, 0.5) is 0 Å². The average Bonchev–Trinajstić information content (AvgIpc) is 2.84. The lowest BCUT2D eigenvalue weighted by Crippen LogP contribution is -2.56. The number of rotatable bonds is 4. The van der Waals surface area contributed by atoms with E-state index in [1.165, 1.54) is 11.3 Å². The summed E-state index contributed by atoms with van der Waals surface area (Å²) in [5.74, 6) is -0.560. The van der Waals surface area contributed by atoms with Crippen LogP contribution in [0.2, 0.25) is 0 Å². The summed E-state index contributed by atoms with van der Waals surface area (Å²) in [6.45, 7) is 2.12. The van der Waals surface area contributed by atoms with Crippen molar-refractivity contribution < 1.29 is 14.7 Å². The highest BCUT2D eigenvalue weighted by molar-refractivity contribution is 7.07. The third-order valence-electron chi connectivity index (χ3n) is 3.86. The lowest BCUT2D eigenvalue weighted by Gasteiger charge is -2.36. The SMILES string of the molecule is CC1CCC(NC(=O)Cc2ccsc2)(C(=O)O)CC1. The number of carboxylic acid groups (broad SMARTS) is 1. The van der Waals surface area contributed by atoms with E-state index in [1.807, 2.05) is 16.8 Å². The summed E-state index contributed by atoms with van der Waals surface area (Å²) in [6, 6.07) is 1.89. The summed E-state index contributed by atoms with van der Waals surface area (Å²) in [7, 11) is 0. The van der Waals surface area contributed by atoms with Gasteiger partial charge in [-0.25, -0.2) is 4.79 Å². The molecule has 1 aromatic rings. The number of aliphatic carboxylic acids is 1. The molecule has 2 rings (SSSR count). The first-order chi connectivity index (χ1) is 9.02. The van der Waals surface area contributed by atoms with Gasteiger partial charge in [-0.2, -0.15) is 11.3 Å². The number of amides is 1. The minimum atomic E-state index is -1.06. The van der Waals surface area contributed by atoms with Crippen LogP contribution in [0.25, 0.3) is 0 Å². The molecule has 104 valence electrons. The normalized spacial score (nSPS) is 26.9. The fourth-order valence-electron chi connectivity index (χ4n) is 2.54. The smallest absolute Gasteiger partial charge is 0.329 e. The van der Waals surface area contributed by atoms with E-state index in [1.54, 1.807) is 0 Å². The third kappa shape index (κ3) is 3.35. The molecule has 2 N–H and O–H groups in total. The van der Waals surface area contributed by atoms with Crippen LogP contribution in [0.1, 0.15) is 38.2 Å². The van der Waals surface area contributed by atoms with Gasteiger partial charge in [-0.05, 0) is 54.0 Å². The van der Waals surface area contributed by atoms with Crippen LogP contribution in [0, 0.1) is 5.92 Å². The molecular weight excluding hydrogens is 262 g/mol. The van der Waals surface area contributed by atoms with Crippen LogP contribution < -0.4 is 5.32 Å². The summed E-state index contributed by atoms with van der Waals surface area (Å²) in [6.07, 6.45) is 3.02. The number of hydrogen-bond donors (Lipinski definition) is 2. The first kappa shape index (κ1) is 14.1. The van der Waals surface area contributed by atoms with Gasteiger partial charge in [0.1, 0.15) is 5.54 Å². The highest BCUT2D eigenvalue weighted by Crippen LogP contribution is 2.32. The highest BCUT2D eigenvalue weighted by Gasteiger charge is 2.42. The van der Waals surface area contributed by atoms with Crippen molar-refractivity contribution in [3.05, 3.63) is 22.4 Å². The number of thiophene rings is 1. The summed E-state index contributed by atoms with van der Waals surface area (Å²) < 4.78 is 0. The molecule has 0 saturated heterocycles. The van der Waals surface area contributed by atoms with Gasteiger partial charge in [-0.15, -0.1) is 0 Å². The van der Waals surface area contributed by atoms with E-state index in [2.05, 4.69) is 12.2 Å². The lowest BCUT2D eigenvalue weighted by molar-refractivity contribution is -0.149. The molecule has 0 radical (unpaired) electrons. The molecule has 1 aromatic heterocycles. The fraction of sp³-hybridized carbons (Fsp3) is 0.571. The predicted octanol–water partition coefficient (Wildman–Crippen LogP) is 2.44. The molecule has 0 aromatic carbocycles. The van der Waals surface area contributed by atoms with Crippen molar-refractivity contribution >= 4 is 23.2 Å². The van der Waals surface area contributed by atoms with Gasteiger partial charge < -0.3 is 10.4 Å². The van der Waals surface area contributed by atoms with Crippen LogP contribution >= 0.6 is 11.3 Å². The molecule has 0 spiro atoms. The summed E-state index contributed by atoms with van der Waals surface area (Å²) in [5, 5.41) is 16.0. The maximum absolute atomic E-state index is 12.0. The second kappa shape index (κ2) is 5.74. The second-order valence-corrected chi connectivity index (χ2v) is 6.21. The van der Waals surface area contributed by atoms with Crippen LogP contribution in [0.15, 0.2) is 16.8 Å². The van der Waals surface area contributed by atoms with E-state index in [0.717, 1.165) is 18.4 Å². The lowest BCUT2D eigenvalue weighted by atomic mass is 9.77. The van der Waals surface area contributed by atoms with Gasteiger partial charge in [0, 0.05) is 0 Å². The maximum atomic E-state index is 12.0. The van der Waals surface area contributed by atoms with Crippen molar-refractivity contribution in [3.63, 3.8) is 0 Å². The van der Waals surface area contributed by atoms with Crippen molar-refractivity contribution in [2.45, 2.75) is 44.6 Å². The Morgan fingerprint density at radius 1 is 1.47 bits per heavy atom. The molecule has 1 amide bonds. The van der Waals surface area contributed by atoms with E-state index >= 15 is 0 Å². The molecule has 4 nitrogen and oxygen atoms in total. The van der Waals surface area contributed by atoms with Crippen LogP contribution in [0.5, 0.6) is 0 Å². The zero-order valence-corrected chi connectivity index (χ0v) is 11.8. The molecule has 0 unspecified atom stereocenters. The summed E-state index contributed by atoms with van der Waals surface area (Å²) >= 11 is 1.54. The minimum absolute atomic E-state index is 0.199. The Kier molecular flexibility index (Phi) is 4.24. The van der Waals surface area contributed by atoms with Gasteiger partial charge >= 0.3 is 5.97 Å². The maximum Gasteiger partial charge on any atom is 0.329 e. The van der Waals surface area contributed by atoms with Crippen molar-refractivity contribution in [2.75, 3.05) is 0 Å². The van der Waals surface area contributed by atoms with Gasteiger partial charge in [0.25, 0.3) is 0 Å². The largest absolute Gasteiger partial charge is 0.480 e. The van der Waals surface area contributed by atoms with Crippen molar-refractivity contribution in [3.8, 4) is 0 Å². The molecule has 1 aliphatic rings. The number of hydrogen-bond acceptors (Lipinski definition) is 3. The predicted molar refractivity (Wildman–Crippen MR) is 74.2 cm³/mol. The van der Waals surface area contributed by atoms with Crippen LogP contribution in [0.3, 0.4) is 0 Å². The standard InChI is InChI=1S/C14H19NO3S/c1-10-2-5-14(6-3-10,13(17)18)15-12(16)8-11-4-7-19-9-11/h4,7,9-10H,2-3,5-6,8H2,1H3,(H,15,16)(H,17,18). The van der Waals surface area contributed by atoms with Gasteiger partial charge in [0.2, 0.25) is 5.91 Å². The van der Waals surface area contributed by atoms with E-state index in [4.69, 9.17) is 0 Å². The topological polar surface area (TPSA) is 66.4 Å². The Morgan fingerprint density at radius 3 is 2.68 bits per heavy atom. The molecule has 1 aliphatic carbocycles. The molecule has 1 saturated carbocycles. The monoisotopic (exact) mass is 281 g/mol. The van der Waals surface area contributed by atoms with Gasteiger partial charge in [-0.1, -0.05) is 6.92 Å². The molecule has 19 heavy (non-hydrogen) atoms. The van der Waals surface area contributed by atoms with Crippen molar-refractivity contribution in [1.82, 2.24) is 5.32 Å². The van der Waals surface area contributed by atoms with Crippen LogP contribution in [-0.4, -0.2) is 22.5 Å². The number of carboxylic acids is 1. The molecular formula is C14H19NO3S. The van der Waals surface area contributed by atoms with Crippen LogP contribution in [-0.2, 0) is 16.0 Å². The van der Waals surface area contributed by atoms with Gasteiger partial charge in [0.15, 0.2) is 0 Å². The number of nitrogens with one attached hydrogen (secondary N) is 1. The minimum Gasteiger partial charge on any atom is -0.480 e. The van der Waals surface area contributed by atoms with E-state index < -0.39 is 11.5 Å². The Bertz CT molecular complexity index is 447. The Labute approximate surface area is 116 Å². The zero-order valence-electron chi connectivity index (χ0n) is 11.0. The second-order valence-electron chi connectivity index (χ2n) is 5.43. The number of carbonyl (C=O) groups is 2. The Balaban J connectivity index is 2.01. The van der Waals surface area contributed by atoms with Gasteiger partial charge in [-0.3, -0.25) is 4.79 Å². The Morgan fingerprint density at radius 2 is 2.16 bits per heavy atom. The molecule has 0 atom stereocenters. The summed E-state index contributed by atoms with van der Waals surface area (Å²) in [4.78, 5) is 23.5. The zero-order chi connectivity index (χ0) is 13.9. The fourth-order valence-corrected chi connectivity index (χ4v) is 3.21. The molecule has 0 bridgehead atoms. The Hall–Kier alpha value is -1.36. The van der Waals surface area contributed by atoms with E-state index in [-0.39, 0.29) is 12.3 Å². The molecule has 1 heterocycles. The summed E-state index contributed by atoms with van der Waals surface area (Å²) in [5.41, 5.74) is -0.119. The van der Waals surface area contributed by atoms with E-state index in [0.29, 0.717) is 18.8 Å². The van der Waals surface area contributed by atoms with E-state index in [9.17, 15) is 14.7 Å². The molecule has 0 aliphatic heterocycles. The molecule has 5 heteroatoms. The van der Waals surface area contributed by atoms with Gasteiger partial charge in [0.05, 0.1) is 6.42 Å². The highest BCUT2D eigenvalue weighted by atomic mass is 32.1. The average molecular weight is 281 g/mol.